The zero-order valence-electron chi connectivity index (χ0n) is 8.16. The molecule has 6 nitrogen and oxygen atoms in total. The topological polar surface area (TPSA) is 101 Å². The fourth-order valence-corrected chi connectivity index (χ4v) is 2.64. The van der Waals surface area contributed by atoms with Crippen molar-refractivity contribution in [2.45, 2.75) is 25.3 Å². The van der Waals surface area contributed by atoms with Crippen LogP contribution in [0.4, 0.5) is 0 Å². The van der Waals surface area contributed by atoms with Gasteiger partial charge < -0.3 is 5.73 Å². The average molecular weight is 218 g/mol. The van der Waals surface area contributed by atoms with Gasteiger partial charge in [0.05, 0.1) is 11.4 Å². The van der Waals surface area contributed by atoms with E-state index >= 15 is 0 Å². The number of sulfonamides is 1. The lowest BCUT2D eigenvalue weighted by Crippen LogP contribution is -2.25. The van der Waals surface area contributed by atoms with Gasteiger partial charge in [-0.25, -0.2) is 13.1 Å². The predicted octanol–water partition coefficient (Wildman–Crippen LogP) is -0.525. The summed E-state index contributed by atoms with van der Waals surface area (Å²) in [7, 11) is -3.46. The zero-order chi connectivity index (χ0) is 10.8. The van der Waals surface area contributed by atoms with Crippen LogP contribution in [0.1, 0.15) is 18.3 Å². The molecule has 0 spiro atoms. The molecule has 0 saturated heterocycles. The van der Waals surface area contributed by atoms with Gasteiger partial charge in [0.1, 0.15) is 4.90 Å². The first-order chi connectivity index (χ1) is 6.53. The second-order valence-corrected chi connectivity index (χ2v) is 4.53. The molecule has 1 aromatic heterocycles. The second kappa shape index (κ2) is 4.07. The smallest absolute Gasteiger partial charge is 0.244 e. The molecule has 0 aromatic carbocycles. The van der Waals surface area contributed by atoms with Crippen molar-refractivity contribution in [1.82, 2.24) is 14.9 Å². The Bertz CT molecular complexity index is 409. The van der Waals surface area contributed by atoms with Crippen LogP contribution >= 0.6 is 0 Å². The normalized spacial score (nSPS) is 11.9. The molecule has 1 rings (SSSR count). The number of H-pyrrole nitrogens is 1. The molecule has 0 aliphatic rings. The Kier molecular flexibility index (Phi) is 3.25. The van der Waals surface area contributed by atoms with Gasteiger partial charge >= 0.3 is 0 Å². The van der Waals surface area contributed by atoms with E-state index in [0.29, 0.717) is 17.9 Å². The Hall–Kier alpha value is -0.920. The monoisotopic (exact) mass is 218 g/mol. The third-order valence-electron chi connectivity index (χ3n) is 1.76. The second-order valence-electron chi connectivity index (χ2n) is 2.83. The highest BCUT2D eigenvalue weighted by atomic mass is 32.2. The molecule has 0 saturated carbocycles. The molecule has 14 heavy (non-hydrogen) atoms. The van der Waals surface area contributed by atoms with Gasteiger partial charge in [0.15, 0.2) is 0 Å². The molecule has 4 N–H and O–H groups in total. The molecule has 0 radical (unpaired) electrons. The van der Waals surface area contributed by atoms with Crippen molar-refractivity contribution in [3.05, 3.63) is 11.4 Å². The maximum Gasteiger partial charge on any atom is 0.244 e. The highest BCUT2D eigenvalue weighted by Gasteiger charge is 2.22. The highest BCUT2D eigenvalue weighted by molar-refractivity contribution is 7.89. The molecule has 0 aliphatic carbocycles. The van der Waals surface area contributed by atoms with Crippen molar-refractivity contribution in [1.29, 1.82) is 0 Å². The Morgan fingerprint density at radius 1 is 1.57 bits per heavy atom. The number of hydrogen-bond acceptors (Lipinski definition) is 4. The highest BCUT2D eigenvalue weighted by Crippen LogP contribution is 2.16. The van der Waals surface area contributed by atoms with E-state index in [1.165, 1.54) is 0 Å². The van der Waals surface area contributed by atoms with Crippen LogP contribution in [-0.2, 0) is 16.6 Å². The number of nitrogens with zero attached hydrogens (tertiary/aromatic N) is 1. The van der Waals surface area contributed by atoms with Gasteiger partial charge in [-0.2, -0.15) is 5.10 Å². The van der Waals surface area contributed by atoms with Crippen LogP contribution in [-0.4, -0.2) is 25.2 Å². The van der Waals surface area contributed by atoms with E-state index in [1.807, 2.05) is 0 Å². The zero-order valence-corrected chi connectivity index (χ0v) is 8.98. The summed E-state index contributed by atoms with van der Waals surface area (Å²) in [6.45, 7) is 3.81. The molecule has 80 valence electrons. The van der Waals surface area contributed by atoms with Crippen molar-refractivity contribution in [2.75, 3.05) is 6.54 Å². The summed E-state index contributed by atoms with van der Waals surface area (Å²) in [4.78, 5) is 0.168. The van der Waals surface area contributed by atoms with Crippen LogP contribution in [0, 0.1) is 6.92 Å². The minimum Gasteiger partial charge on any atom is -0.325 e. The van der Waals surface area contributed by atoms with E-state index in [-0.39, 0.29) is 11.4 Å². The lowest BCUT2D eigenvalue weighted by Gasteiger charge is -2.04. The summed E-state index contributed by atoms with van der Waals surface area (Å²) in [5.41, 5.74) is 6.25. The van der Waals surface area contributed by atoms with Crippen molar-refractivity contribution in [3.63, 3.8) is 0 Å². The van der Waals surface area contributed by atoms with E-state index in [4.69, 9.17) is 5.73 Å². The molecule has 0 bridgehead atoms. The SMILES string of the molecule is CCNS(=O)(=O)c1c(CN)n[nH]c1C. The van der Waals surface area contributed by atoms with Crippen molar-refractivity contribution < 1.29 is 8.42 Å². The Balaban J connectivity index is 3.23. The van der Waals surface area contributed by atoms with Crippen molar-refractivity contribution in [3.8, 4) is 0 Å². The number of aromatic amines is 1. The van der Waals surface area contributed by atoms with Crippen molar-refractivity contribution in [2.24, 2.45) is 5.73 Å². The number of rotatable bonds is 4. The molecule has 0 unspecified atom stereocenters. The van der Waals surface area contributed by atoms with E-state index in [0.717, 1.165) is 0 Å². The van der Waals surface area contributed by atoms with Gasteiger partial charge in [0, 0.05) is 13.1 Å². The maximum atomic E-state index is 11.7. The fourth-order valence-electron chi connectivity index (χ4n) is 1.23. The van der Waals surface area contributed by atoms with Crippen LogP contribution in [0.5, 0.6) is 0 Å². The Morgan fingerprint density at radius 2 is 2.21 bits per heavy atom. The third kappa shape index (κ3) is 1.94. The first kappa shape index (κ1) is 11.2. The largest absolute Gasteiger partial charge is 0.325 e. The van der Waals surface area contributed by atoms with E-state index in [9.17, 15) is 8.42 Å². The molecular weight excluding hydrogens is 204 g/mol. The average Bonchev–Trinajstić information content (AvgIpc) is 2.47. The predicted molar refractivity (Wildman–Crippen MR) is 52.1 cm³/mol. The lowest BCUT2D eigenvalue weighted by atomic mass is 10.4. The summed E-state index contributed by atoms with van der Waals surface area (Å²) in [6, 6.07) is 0. The number of nitrogens with one attached hydrogen (secondary N) is 2. The van der Waals surface area contributed by atoms with Crippen LogP contribution in [0.2, 0.25) is 0 Å². The van der Waals surface area contributed by atoms with Crippen LogP contribution in [0.3, 0.4) is 0 Å². The van der Waals surface area contributed by atoms with Gasteiger partial charge in [-0.3, -0.25) is 5.10 Å². The van der Waals surface area contributed by atoms with Crippen LogP contribution in [0.15, 0.2) is 4.90 Å². The molecular formula is C7H14N4O2S. The minimum atomic E-state index is -3.46. The summed E-state index contributed by atoms with van der Waals surface area (Å²) in [6.07, 6.45) is 0. The lowest BCUT2D eigenvalue weighted by molar-refractivity contribution is 0.582. The first-order valence-electron chi connectivity index (χ1n) is 4.26. The maximum absolute atomic E-state index is 11.7. The van der Waals surface area contributed by atoms with Gasteiger partial charge in [-0.1, -0.05) is 6.92 Å². The third-order valence-corrected chi connectivity index (χ3v) is 3.51. The summed E-state index contributed by atoms with van der Waals surface area (Å²) >= 11 is 0. The quantitative estimate of drug-likeness (QED) is 0.632. The van der Waals surface area contributed by atoms with E-state index < -0.39 is 10.0 Å². The van der Waals surface area contributed by atoms with Crippen LogP contribution in [0.25, 0.3) is 0 Å². The summed E-state index contributed by atoms with van der Waals surface area (Å²) < 4.78 is 25.7. The van der Waals surface area contributed by atoms with Crippen LogP contribution < -0.4 is 10.5 Å². The fraction of sp³-hybridized carbons (Fsp3) is 0.571. The first-order valence-corrected chi connectivity index (χ1v) is 5.74. The van der Waals surface area contributed by atoms with Gasteiger partial charge in [-0.15, -0.1) is 0 Å². The molecule has 0 amide bonds. The molecule has 0 aliphatic heterocycles. The standard InChI is InChI=1S/C7H14N4O2S/c1-3-9-14(12,13)7-5(2)10-11-6(7)4-8/h9H,3-4,8H2,1-2H3,(H,10,11). The molecule has 0 fully saturated rings. The van der Waals surface area contributed by atoms with Gasteiger partial charge in [-0.05, 0) is 6.92 Å². The van der Waals surface area contributed by atoms with Gasteiger partial charge in [0.2, 0.25) is 10.0 Å². The molecule has 7 heteroatoms. The summed E-state index contributed by atoms with van der Waals surface area (Å²) in [5, 5.41) is 6.42. The molecule has 1 heterocycles. The van der Waals surface area contributed by atoms with Gasteiger partial charge in [0.25, 0.3) is 0 Å². The number of nitrogens with two attached hydrogens (primary N) is 1. The summed E-state index contributed by atoms with van der Waals surface area (Å²) in [5.74, 6) is 0. The van der Waals surface area contributed by atoms with E-state index in [1.54, 1.807) is 13.8 Å². The number of aromatic nitrogens is 2. The van der Waals surface area contributed by atoms with Crippen molar-refractivity contribution >= 4 is 10.0 Å². The minimum absolute atomic E-state index is 0.101. The Labute approximate surface area is 82.9 Å². The number of aryl methyl sites for hydroxylation is 1. The van der Waals surface area contributed by atoms with E-state index in [2.05, 4.69) is 14.9 Å². The molecule has 1 aromatic rings. The molecule has 0 atom stereocenters. The number of hydrogen-bond donors (Lipinski definition) is 3. The Morgan fingerprint density at radius 3 is 2.71 bits per heavy atom.